The van der Waals surface area contributed by atoms with Crippen molar-refractivity contribution in [3.63, 3.8) is 0 Å². The average molecular weight is 315 g/mol. The molecule has 8 heteroatoms. The number of aliphatic hydroxyl groups is 3. The fourth-order valence-electron chi connectivity index (χ4n) is 2.62. The van der Waals surface area contributed by atoms with Gasteiger partial charge in [-0.05, 0) is 11.8 Å². The average Bonchev–Trinajstić information content (AvgIpc) is 2.80. The summed E-state index contributed by atoms with van der Waals surface area (Å²) in [6.45, 7) is 6.54. The number of rotatable bonds is 4. The first-order chi connectivity index (χ1) is 10.2. The van der Waals surface area contributed by atoms with Crippen LogP contribution in [-0.4, -0.2) is 62.2 Å². The first-order valence-corrected chi connectivity index (χ1v) is 7.33. The predicted octanol–water partition coefficient (Wildman–Crippen LogP) is -0.474. The van der Waals surface area contributed by atoms with E-state index in [4.69, 9.17) is 9.47 Å². The van der Waals surface area contributed by atoms with Crippen LogP contribution in [0.15, 0.2) is 6.20 Å². The minimum atomic E-state index is -1.36. The van der Waals surface area contributed by atoms with E-state index in [1.54, 1.807) is 10.9 Å². The van der Waals surface area contributed by atoms with Crippen molar-refractivity contribution in [2.24, 2.45) is 11.3 Å². The van der Waals surface area contributed by atoms with Crippen LogP contribution in [0.3, 0.4) is 0 Å². The number of aromatic nitrogens is 3. The van der Waals surface area contributed by atoms with Crippen molar-refractivity contribution in [2.45, 2.75) is 58.5 Å². The molecular formula is C14H25N3O5. The van der Waals surface area contributed by atoms with Crippen LogP contribution in [0.25, 0.3) is 0 Å². The van der Waals surface area contributed by atoms with Crippen molar-refractivity contribution in [2.75, 3.05) is 7.11 Å². The Labute approximate surface area is 129 Å². The van der Waals surface area contributed by atoms with E-state index >= 15 is 0 Å². The Bertz CT molecular complexity index is 487. The molecule has 0 spiro atoms. The lowest BCUT2D eigenvalue weighted by Crippen LogP contribution is -2.56. The molecular weight excluding hydrogens is 290 g/mol. The van der Waals surface area contributed by atoms with Crippen LogP contribution in [0.4, 0.5) is 0 Å². The van der Waals surface area contributed by atoms with Gasteiger partial charge in [0.05, 0.1) is 24.3 Å². The van der Waals surface area contributed by atoms with Gasteiger partial charge in [0.15, 0.2) is 12.6 Å². The van der Waals surface area contributed by atoms with Crippen molar-refractivity contribution in [3.05, 3.63) is 11.9 Å². The lowest BCUT2D eigenvalue weighted by Gasteiger charge is -2.39. The number of nitrogens with zero attached hydrogens (tertiary/aromatic N) is 3. The molecule has 5 unspecified atom stereocenters. The summed E-state index contributed by atoms with van der Waals surface area (Å²) in [5, 5.41) is 37.9. The number of hydrogen-bond acceptors (Lipinski definition) is 7. The fourth-order valence-corrected chi connectivity index (χ4v) is 2.62. The minimum Gasteiger partial charge on any atom is -0.390 e. The highest BCUT2D eigenvalue weighted by molar-refractivity contribution is 4.96. The van der Waals surface area contributed by atoms with E-state index in [0.29, 0.717) is 0 Å². The van der Waals surface area contributed by atoms with Crippen LogP contribution in [0.5, 0.6) is 0 Å². The first-order valence-electron chi connectivity index (χ1n) is 7.33. The molecule has 8 nitrogen and oxygen atoms in total. The maximum Gasteiger partial charge on any atom is 0.186 e. The van der Waals surface area contributed by atoms with Gasteiger partial charge in [-0.3, -0.25) is 4.68 Å². The quantitative estimate of drug-likeness (QED) is 0.688. The maximum absolute atomic E-state index is 10.2. The van der Waals surface area contributed by atoms with Crippen molar-refractivity contribution in [1.82, 2.24) is 15.0 Å². The molecule has 5 atom stereocenters. The highest BCUT2D eigenvalue weighted by atomic mass is 16.7. The van der Waals surface area contributed by atoms with Crippen LogP contribution in [0, 0.1) is 11.3 Å². The van der Waals surface area contributed by atoms with Gasteiger partial charge in [-0.2, -0.15) is 0 Å². The van der Waals surface area contributed by atoms with E-state index < -0.39 is 30.7 Å². The van der Waals surface area contributed by atoms with Gasteiger partial charge >= 0.3 is 0 Å². The molecule has 0 amide bonds. The molecule has 1 aliphatic heterocycles. The Morgan fingerprint density at radius 1 is 1.27 bits per heavy atom. The third-order valence-corrected chi connectivity index (χ3v) is 3.67. The summed E-state index contributed by atoms with van der Waals surface area (Å²) in [6.07, 6.45) is -2.08. The fraction of sp³-hybridized carbons (Fsp3) is 0.857. The summed E-state index contributed by atoms with van der Waals surface area (Å²) in [4.78, 5) is 0. The van der Waals surface area contributed by atoms with Crippen LogP contribution in [0.2, 0.25) is 0 Å². The third-order valence-electron chi connectivity index (χ3n) is 3.67. The molecule has 3 N–H and O–H groups in total. The van der Waals surface area contributed by atoms with Gasteiger partial charge in [-0.15, -0.1) is 5.10 Å². The second-order valence-corrected chi connectivity index (χ2v) is 6.94. The number of ether oxygens (including phenoxy) is 2. The highest BCUT2D eigenvalue weighted by Gasteiger charge is 2.44. The van der Waals surface area contributed by atoms with Gasteiger partial charge in [-0.25, -0.2) is 0 Å². The van der Waals surface area contributed by atoms with E-state index in [2.05, 4.69) is 31.1 Å². The second-order valence-electron chi connectivity index (χ2n) is 6.94. The van der Waals surface area contributed by atoms with E-state index in [1.807, 2.05) is 0 Å². The Kier molecular flexibility index (Phi) is 5.18. The summed E-state index contributed by atoms with van der Waals surface area (Å²) in [5.41, 5.74) is 0.940. The van der Waals surface area contributed by atoms with E-state index in [1.165, 1.54) is 7.11 Å². The van der Waals surface area contributed by atoms with Gasteiger partial charge in [0.2, 0.25) is 0 Å². The molecule has 2 heterocycles. The highest BCUT2D eigenvalue weighted by Crippen LogP contribution is 2.27. The molecule has 0 aliphatic carbocycles. The second kappa shape index (κ2) is 6.59. The van der Waals surface area contributed by atoms with Gasteiger partial charge < -0.3 is 24.8 Å². The predicted molar refractivity (Wildman–Crippen MR) is 76.6 cm³/mol. The molecule has 2 rings (SSSR count). The Hall–Kier alpha value is -1.06. The zero-order valence-corrected chi connectivity index (χ0v) is 13.4. The lowest BCUT2D eigenvalue weighted by molar-refractivity contribution is -0.322. The molecule has 0 radical (unpaired) electrons. The van der Waals surface area contributed by atoms with Crippen LogP contribution >= 0.6 is 0 Å². The van der Waals surface area contributed by atoms with Crippen molar-refractivity contribution in [1.29, 1.82) is 0 Å². The number of methoxy groups -OCH3 is 1. The standard InChI is InChI=1S/C14H25N3O5/c1-14(2,3)5-8-6-17(16-15-8)7-9-10(18)11(21-4)13(20)22-12(9)19/h6,9-13,18-20H,5,7H2,1-4H3. The zero-order valence-electron chi connectivity index (χ0n) is 13.4. The van der Waals surface area contributed by atoms with Gasteiger partial charge in [0.25, 0.3) is 0 Å². The molecule has 0 saturated carbocycles. The Morgan fingerprint density at radius 3 is 2.55 bits per heavy atom. The van der Waals surface area contributed by atoms with E-state index in [-0.39, 0.29) is 12.0 Å². The summed E-state index contributed by atoms with van der Waals surface area (Å²) in [5.74, 6) is -0.669. The van der Waals surface area contributed by atoms with E-state index in [9.17, 15) is 15.3 Å². The van der Waals surface area contributed by atoms with Crippen molar-refractivity contribution < 1.29 is 24.8 Å². The largest absolute Gasteiger partial charge is 0.390 e. The SMILES string of the molecule is COC1C(O)OC(O)C(Cn2cc(CC(C)(C)C)nn2)C1O. The van der Waals surface area contributed by atoms with E-state index in [0.717, 1.165) is 12.1 Å². The van der Waals surface area contributed by atoms with Gasteiger partial charge in [-0.1, -0.05) is 26.0 Å². The summed E-state index contributed by atoms with van der Waals surface area (Å²) in [7, 11) is 1.37. The monoisotopic (exact) mass is 315 g/mol. The zero-order chi connectivity index (χ0) is 16.5. The molecule has 1 saturated heterocycles. The van der Waals surface area contributed by atoms with Crippen LogP contribution < -0.4 is 0 Å². The van der Waals surface area contributed by atoms with Crippen LogP contribution in [0.1, 0.15) is 26.5 Å². The molecule has 22 heavy (non-hydrogen) atoms. The summed E-state index contributed by atoms with van der Waals surface area (Å²) < 4.78 is 11.6. The molecule has 0 bridgehead atoms. The van der Waals surface area contributed by atoms with Crippen molar-refractivity contribution in [3.8, 4) is 0 Å². The summed E-state index contributed by atoms with van der Waals surface area (Å²) >= 11 is 0. The first kappa shape index (κ1) is 17.3. The number of hydrogen-bond donors (Lipinski definition) is 3. The number of aliphatic hydroxyl groups excluding tert-OH is 3. The molecule has 1 fully saturated rings. The smallest absolute Gasteiger partial charge is 0.186 e. The van der Waals surface area contributed by atoms with Gasteiger partial charge in [0, 0.05) is 13.3 Å². The topological polar surface area (TPSA) is 110 Å². The Balaban J connectivity index is 2.06. The molecule has 126 valence electrons. The molecule has 1 aromatic heterocycles. The van der Waals surface area contributed by atoms with Crippen molar-refractivity contribution >= 4 is 0 Å². The minimum absolute atomic E-state index is 0.0963. The van der Waals surface area contributed by atoms with Crippen LogP contribution in [-0.2, 0) is 22.4 Å². The maximum atomic E-state index is 10.2. The normalized spacial score (nSPS) is 33.1. The third kappa shape index (κ3) is 4.02. The molecule has 1 aromatic rings. The van der Waals surface area contributed by atoms with Gasteiger partial charge in [0.1, 0.15) is 6.10 Å². The molecule has 0 aromatic carbocycles. The lowest BCUT2D eigenvalue weighted by atomic mass is 9.91. The Morgan fingerprint density at radius 2 is 1.95 bits per heavy atom. The molecule has 1 aliphatic rings. The summed E-state index contributed by atoms with van der Waals surface area (Å²) in [6, 6.07) is 0.